The lowest BCUT2D eigenvalue weighted by atomic mass is 10.1. The molecule has 1 aliphatic heterocycles. The van der Waals surface area contributed by atoms with Gasteiger partial charge >= 0.3 is 0 Å². The molecule has 0 bridgehead atoms. The van der Waals surface area contributed by atoms with Crippen molar-refractivity contribution < 1.29 is 14.3 Å². The van der Waals surface area contributed by atoms with Crippen molar-refractivity contribution in [1.82, 2.24) is 15.0 Å². The number of aldehydes is 1. The Morgan fingerprint density at radius 3 is 2.96 bits per heavy atom. The van der Waals surface area contributed by atoms with Gasteiger partial charge in [0.05, 0.1) is 19.0 Å². The summed E-state index contributed by atoms with van der Waals surface area (Å²) in [7, 11) is 1.64. The number of hydrogen-bond donors (Lipinski definition) is 2. The van der Waals surface area contributed by atoms with Crippen molar-refractivity contribution in [2.45, 2.75) is 18.9 Å². The summed E-state index contributed by atoms with van der Waals surface area (Å²) in [5, 5.41) is 4.33. The predicted octanol–water partition coefficient (Wildman–Crippen LogP) is 3.04. The fourth-order valence-electron chi connectivity index (χ4n) is 3.24. The van der Waals surface area contributed by atoms with E-state index in [1.165, 1.54) is 0 Å². The van der Waals surface area contributed by atoms with Crippen LogP contribution in [0.2, 0.25) is 0 Å². The van der Waals surface area contributed by atoms with Gasteiger partial charge in [-0.1, -0.05) is 6.07 Å². The maximum Gasteiger partial charge on any atom is 0.170 e. The molecule has 1 aliphatic rings. The van der Waals surface area contributed by atoms with E-state index < -0.39 is 0 Å². The van der Waals surface area contributed by atoms with Gasteiger partial charge in [-0.2, -0.15) is 0 Å². The van der Waals surface area contributed by atoms with Crippen molar-refractivity contribution in [1.29, 1.82) is 0 Å². The number of benzene rings is 1. The summed E-state index contributed by atoms with van der Waals surface area (Å²) in [5.74, 6) is 1.42. The van der Waals surface area contributed by atoms with Gasteiger partial charge in [-0.15, -0.1) is 0 Å². The molecule has 134 valence electrons. The van der Waals surface area contributed by atoms with Crippen LogP contribution >= 0.6 is 0 Å². The van der Waals surface area contributed by atoms with Crippen LogP contribution in [0.3, 0.4) is 0 Å². The van der Waals surface area contributed by atoms with Gasteiger partial charge in [-0.05, 0) is 31.0 Å². The van der Waals surface area contributed by atoms with Crippen molar-refractivity contribution in [2.75, 3.05) is 25.6 Å². The molecule has 0 saturated carbocycles. The summed E-state index contributed by atoms with van der Waals surface area (Å²) in [5.41, 5.74) is 2.47. The van der Waals surface area contributed by atoms with Gasteiger partial charge in [0, 0.05) is 30.2 Å². The van der Waals surface area contributed by atoms with Gasteiger partial charge in [0.15, 0.2) is 6.29 Å². The zero-order chi connectivity index (χ0) is 17.9. The second-order valence-corrected chi connectivity index (χ2v) is 6.24. The number of carbonyl (C=O) groups excluding carboxylic acids is 1. The highest BCUT2D eigenvalue weighted by atomic mass is 16.5. The number of aromatic nitrogens is 3. The van der Waals surface area contributed by atoms with Crippen LogP contribution in [0.4, 0.5) is 5.82 Å². The minimum atomic E-state index is 0.299. The quantitative estimate of drug-likeness (QED) is 0.686. The molecule has 2 aromatic heterocycles. The van der Waals surface area contributed by atoms with Gasteiger partial charge in [0.1, 0.15) is 23.0 Å². The lowest BCUT2D eigenvalue weighted by Gasteiger charge is -2.23. The number of nitrogens with zero attached hydrogens (tertiary/aromatic N) is 2. The molecule has 0 unspecified atom stereocenters. The van der Waals surface area contributed by atoms with Gasteiger partial charge in [-0.25, -0.2) is 9.97 Å². The zero-order valence-corrected chi connectivity index (χ0v) is 14.5. The molecule has 0 atom stereocenters. The monoisotopic (exact) mass is 352 g/mol. The molecule has 1 aromatic carbocycles. The summed E-state index contributed by atoms with van der Waals surface area (Å²) in [6.07, 6.45) is 4.18. The van der Waals surface area contributed by atoms with Crippen LogP contribution in [0, 0.1) is 0 Å². The van der Waals surface area contributed by atoms with E-state index in [1.54, 1.807) is 13.3 Å². The molecule has 26 heavy (non-hydrogen) atoms. The Morgan fingerprint density at radius 2 is 2.19 bits per heavy atom. The van der Waals surface area contributed by atoms with Crippen LogP contribution in [0.1, 0.15) is 23.3 Å². The van der Waals surface area contributed by atoms with Gasteiger partial charge in [-0.3, -0.25) is 4.79 Å². The van der Waals surface area contributed by atoms with E-state index in [4.69, 9.17) is 9.47 Å². The summed E-state index contributed by atoms with van der Waals surface area (Å²) in [6.45, 7) is 1.48. The Morgan fingerprint density at radius 1 is 1.35 bits per heavy atom. The third-order valence-electron chi connectivity index (χ3n) is 4.58. The van der Waals surface area contributed by atoms with Crippen LogP contribution in [-0.4, -0.2) is 47.6 Å². The second-order valence-electron chi connectivity index (χ2n) is 6.24. The average Bonchev–Trinajstić information content (AvgIpc) is 3.13. The Kier molecular flexibility index (Phi) is 4.53. The summed E-state index contributed by atoms with van der Waals surface area (Å²) < 4.78 is 10.8. The number of methoxy groups -OCH3 is 1. The van der Waals surface area contributed by atoms with Crippen LogP contribution in [-0.2, 0) is 4.74 Å². The fraction of sp³-hybridized carbons (Fsp3) is 0.316. The Labute approximate surface area is 150 Å². The predicted molar refractivity (Wildman–Crippen MR) is 98.7 cm³/mol. The molecule has 0 radical (unpaired) electrons. The van der Waals surface area contributed by atoms with Crippen LogP contribution in [0.15, 0.2) is 30.5 Å². The van der Waals surface area contributed by atoms with Crippen molar-refractivity contribution >= 4 is 23.0 Å². The van der Waals surface area contributed by atoms with Crippen molar-refractivity contribution in [3.8, 4) is 17.1 Å². The van der Waals surface area contributed by atoms with E-state index in [1.807, 2.05) is 24.3 Å². The average molecular weight is 352 g/mol. The SMILES string of the molecule is COc1cccc2[nH]c(-c3nc(NC4CCOCC4)cnc3C=O)cc12. The lowest BCUT2D eigenvalue weighted by Crippen LogP contribution is -2.28. The van der Waals surface area contributed by atoms with Crippen LogP contribution in [0.5, 0.6) is 5.75 Å². The standard InChI is InChI=1S/C19H20N4O3/c1-25-17-4-2-3-14-13(17)9-15(22-14)19-16(11-24)20-10-18(23-19)21-12-5-7-26-8-6-12/h2-4,9-12,22H,5-8H2,1H3,(H,21,23). The zero-order valence-electron chi connectivity index (χ0n) is 14.5. The van der Waals surface area contributed by atoms with Gasteiger partial charge < -0.3 is 19.8 Å². The molecule has 7 nitrogen and oxygen atoms in total. The van der Waals surface area contributed by atoms with E-state index in [0.29, 0.717) is 23.2 Å². The minimum absolute atomic E-state index is 0.299. The second kappa shape index (κ2) is 7.13. The molecule has 3 aromatic rings. The van der Waals surface area contributed by atoms with E-state index in [9.17, 15) is 4.79 Å². The number of carbonyl (C=O) groups is 1. The van der Waals surface area contributed by atoms with Crippen LogP contribution in [0.25, 0.3) is 22.3 Å². The lowest BCUT2D eigenvalue weighted by molar-refractivity contribution is 0.0904. The van der Waals surface area contributed by atoms with E-state index >= 15 is 0 Å². The van der Waals surface area contributed by atoms with Crippen LogP contribution < -0.4 is 10.1 Å². The molecule has 4 rings (SSSR count). The smallest absolute Gasteiger partial charge is 0.170 e. The Hall–Kier alpha value is -2.93. The fourth-order valence-corrected chi connectivity index (χ4v) is 3.24. The largest absolute Gasteiger partial charge is 0.496 e. The molecular formula is C19H20N4O3. The molecule has 3 heterocycles. The van der Waals surface area contributed by atoms with E-state index in [2.05, 4.69) is 20.3 Å². The number of nitrogens with one attached hydrogen (secondary N) is 2. The topological polar surface area (TPSA) is 89.1 Å². The van der Waals surface area contributed by atoms with Crippen molar-refractivity contribution in [2.24, 2.45) is 0 Å². The number of hydrogen-bond acceptors (Lipinski definition) is 6. The first-order valence-corrected chi connectivity index (χ1v) is 8.61. The Balaban J connectivity index is 1.72. The third-order valence-corrected chi connectivity index (χ3v) is 4.58. The third kappa shape index (κ3) is 3.13. The number of fused-ring (bicyclic) bond motifs is 1. The Bertz CT molecular complexity index is 932. The van der Waals surface area contributed by atoms with Gasteiger partial charge in [0.2, 0.25) is 0 Å². The maximum atomic E-state index is 11.5. The molecule has 0 amide bonds. The first-order chi connectivity index (χ1) is 12.8. The first kappa shape index (κ1) is 16.5. The summed E-state index contributed by atoms with van der Waals surface area (Å²) >= 11 is 0. The minimum Gasteiger partial charge on any atom is -0.496 e. The number of H-pyrrole nitrogens is 1. The maximum absolute atomic E-state index is 11.5. The highest BCUT2D eigenvalue weighted by molar-refractivity contribution is 5.93. The highest BCUT2D eigenvalue weighted by Gasteiger charge is 2.17. The molecule has 2 N–H and O–H groups in total. The molecule has 1 fully saturated rings. The molecule has 0 aliphatic carbocycles. The number of ether oxygens (including phenoxy) is 2. The molecule has 7 heteroatoms. The normalized spacial score (nSPS) is 15.1. The number of aromatic amines is 1. The first-order valence-electron chi connectivity index (χ1n) is 8.61. The molecular weight excluding hydrogens is 332 g/mol. The summed E-state index contributed by atoms with van der Waals surface area (Å²) in [4.78, 5) is 23.7. The van der Waals surface area contributed by atoms with Crippen molar-refractivity contribution in [3.05, 3.63) is 36.2 Å². The van der Waals surface area contributed by atoms with Gasteiger partial charge in [0.25, 0.3) is 0 Å². The number of rotatable bonds is 5. The highest BCUT2D eigenvalue weighted by Crippen LogP contribution is 2.31. The molecule has 1 saturated heterocycles. The molecule has 0 spiro atoms. The summed E-state index contributed by atoms with van der Waals surface area (Å²) in [6, 6.07) is 8.01. The number of anilines is 1. The van der Waals surface area contributed by atoms with E-state index in [0.717, 1.165) is 54.7 Å². The van der Waals surface area contributed by atoms with E-state index in [-0.39, 0.29) is 0 Å². The van der Waals surface area contributed by atoms with Crippen molar-refractivity contribution in [3.63, 3.8) is 0 Å².